The zero-order chi connectivity index (χ0) is 21.5. The second-order valence-corrected chi connectivity index (χ2v) is 6.87. The van der Waals surface area contributed by atoms with Crippen molar-refractivity contribution < 1.29 is 28.5 Å². The first-order valence-electron chi connectivity index (χ1n) is 9.70. The predicted octanol–water partition coefficient (Wildman–Crippen LogP) is 1.71. The Hall–Kier alpha value is -3.42. The van der Waals surface area contributed by atoms with Gasteiger partial charge in [0.25, 0.3) is 0 Å². The highest BCUT2D eigenvalue weighted by molar-refractivity contribution is 6.35. The maximum absolute atomic E-state index is 12.2. The number of hydrogen-bond acceptors (Lipinski definition) is 6. The summed E-state index contributed by atoms with van der Waals surface area (Å²) in [5.41, 5.74) is 0.952. The maximum atomic E-state index is 12.2. The molecule has 8 heteroatoms. The van der Waals surface area contributed by atoms with E-state index in [2.05, 4.69) is 10.6 Å². The maximum Gasteiger partial charge on any atom is 0.309 e. The largest absolute Gasteiger partial charge is 0.493 e. The fraction of sp³-hybridized carbons (Fsp3) is 0.364. The number of benzene rings is 2. The summed E-state index contributed by atoms with van der Waals surface area (Å²) in [5.74, 6) is 1.13. The van der Waals surface area contributed by atoms with Gasteiger partial charge < -0.3 is 29.6 Å². The van der Waals surface area contributed by atoms with Gasteiger partial charge in [0.1, 0.15) is 6.61 Å². The zero-order valence-electron chi connectivity index (χ0n) is 17.3. The first-order valence-corrected chi connectivity index (χ1v) is 9.70. The molecule has 3 rings (SSSR count). The molecule has 160 valence electrons. The van der Waals surface area contributed by atoms with E-state index in [1.54, 1.807) is 33.3 Å². The molecule has 2 aromatic rings. The molecule has 0 aliphatic carbocycles. The quantitative estimate of drug-likeness (QED) is 0.670. The molecule has 0 saturated heterocycles. The molecule has 2 atom stereocenters. The summed E-state index contributed by atoms with van der Waals surface area (Å²) in [7, 11) is 3.13. The van der Waals surface area contributed by atoms with Gasteiger partial charge in [-0.1, -0.05) is 18.2 Å². The summed E-state index contributed by atoms with van der Waals surface area (Å²) in [5, 5.41) is 5.30. The Morgan fingerprint density at radius 2 is 1.80 bits per heavy atom. The highest BCUT2D eigenvalue weighted by atomic mass is 16.6. The summed E-state index contributed by atoms with van der Waals surface area (Å²) in [6.07, 6.45) is 0.161. The topological polar surface area (TPSA) is 95.1 Å². The second kappa shape index (κ2) is 9.87. The highest BCUT2D eigenvalue weighted by Gasteiger charge is 2.28. The first kappa shape index (κ1) is 21.3. The van der Waals surface area contributed by atoms with Crippen molar-refractivity contribution in [1.29, 1.82) is 0 Å². The summed E-state index contributed by atoms with van der Waals surface area (Å²) in [6, 6.07) is 12.5. The Balaban J connectivity index is 1.45. The third kappa shape index (κ3) is 5.14. The van der Waals surface area contributed by atoms with E-state index in [4.69, 9.17) is 18.9 Å². The monoisotopic (exact) mass is 414 g/mol. The van der Waals surface area contributed by atoms with Crippen LogP contribution in [-0.2, 0) is 16.0 Å². The summed E-state index contributed by atoms with van der Waals surface area (Å²) in [4.78, 5) is 24.3. The lowest BCUT2D eigenvalue weighted by Gasteiger charge is -2.30. The summed E-state index contributed by atoms with van der Waals surface area (Å²) >= 11 is 0. The molecule has 30 heavy (non-hydrogen) atoms. The predicted molar refractivity (Wildman–Crippen MR) is 110 cm³/mol. The van der Waals surface area contributed by atoms with E-state index in [1.165, 1.54) is 0 Å². The molecule has 0 saturated carbocycles. The van der Waals surface area contributed by atoms with Crippen molar-refractivity contribution in [3.63, 3.8) is 0 Å². The Morgan fingerprint density at radius 3 is 2.53 bits per heavy atom. The van der Waals surface area contributed by atoms with Gasteiger partial charge in [-0.2, -0.15) is 0 Å². The molecule has 0 radical (unpaired) electrons. The van der Waals surface area contributed by atoms with Gasteiger partial charge in [-0.05, 0) is 43.2 Å². The Kier molecular flexibility index (Phi) is 7.00. The van der Waals surface area contributed by atoms with E-state index in [1.807, 2.05) is 30.3 Å². The molecule has 2 aromatic carbocycles. The van der Waals surface area contributed by atoms with Crippen LogP contribution in [0.15, 0.2) is 42.5 Å². The number of fused-ring (bicyclic) bond motifs is 1. The van der Waals surface area contributed by atoms with Crippen LogP contribution in [0.5, 0.6) is 23.0 Å². The van der Waals surface area contributed by atoms with Gasteiger partial charge >= 0.3 is 11.8 Å². The average molecular weight is 414 g/mol. The lowest BCUT2D eigenvalue weighted by molar-refractivity contribution is -0.140. The van der Waals surface area contributed by atoms with Gasteiger partial charge in [0, 0.05) is 6.54 Å². The van der Waals surface area contributed by atoms with Gasteiger partial charge in [-0.3, -0.25) is 9.59 Å². The number of carbonyl (C=O) groups is 2. The average Bonchev–Trinajstić information content (AvgIpc) is 2.78. The Morgan fingerprint density at radius 1 is 1.07 bits per heavy atom. The van der Waals surface area contributed by atoms with Crippen molar-refractivity contribution >= 4 is 11.8 Å². The molecule has 0 bridgehead atoms. The van der Waals surface area contributed by atoms with E-state index in [0.29, 0.717) is 42.6 Å². The van der Waals surface area contributed by atoms with E-state index < -0.39 is 17.9 Å². The molecule has 0 spiro atoms. The number of rotatable bonds is 7. The van der Waals surface area contributed by atoms with E-state index in [-0.39, 0.29) is 6.10 Å². The van der Waals surface area contributed by atoms with Crippen molar-refractivity contribution in [2.45, 2.75) is 25.5 Å². The van der Waals surface area contributed by atoms with Gasteiger partial charge in [-0.15, -0.1) is 0 Å². The Labute approximate surface area is 175 Å². The van der Waals surface area contributed by atoms with Crippen molar-refractivity contribution in [2.24, 2.45) is 0 Å². The van der Waals surface area contributed by atoms with Crippen LogP contribution in [0.4, 0.5) is 0 Å². The van der Waals surface area contributed by atoms with Gasteiger partial charge in [0.05, 0.1) is 20.3 Å². The standard InChI is InChI=1S/C22H26N2O6/c1-14(20-13-29-17-6-4-5-7-18(17)30-20)24-22(26)21(25)23-11-10-15-8-9-16(27-2)19(12-15)28-3/h4-9,12,14,20H,10-11,13H2,1-3H3,(H,23,25)(H,24,26). The smallest absolute Gasteiger partial charge is 0.309 e. The molecule has 8 nitrogen and oxygen atoms in total. The van der Waals surface area contributed by atoms with Crippen molar-refractivity contribution in [3.05, 3.63) is 48.0 Å². The number of para-hydroxylation sites is 2. The number of methoxy groups -OCH3 is 2. The van der Waals surface area contributed by atoms with Crippen LogP contribution in [0.2, 0.25) is 0 Å². The van der Waals surface area contributed by atoms with Crippen molar-refractivity contribution in [1.82, 2.24) is 10.6 Å². The molecular weight excluding hydrogens is 388 g/mol. The number of carbonyl (C=O) groups excluding carboxylic acids is 2. The third-order valence-electron chi connectivity index (χ3n) is 4.80. The summed E-state index contributed by atoms with van der Waals surface area (Å²) < 4.78 is 22.0. The number of ether oxygens (including phenoxy) is 4. The number of hydrogen-bond donors (Lipinski definition) is 2. The molecule has 2 N–H and O–H groups in total. The fourth-order valence-electron chi connectivity index (χ4n) is 3.08. The van der Waals surface area contributed by atoms with E-state index >= 15 is 0 Å². The highest BCUT2D eigenvalue weighted by Crippen LogP contribution is 2.31. The van der Waals surface area contributed by atoms with E-state index in [0.717, 1.165) is 5.56 Å². The van der Waals surface area contributed by atoms with Gasteiger partial charge in [0.2, 0.25) is 0 Å². The van der Waals surface area contributed by atoms with Crippen LogP contribution in [0.1, 0.15) is 12.5 Å². The zero-order valence-corrected chi connectivity index (χ0v) is 17.3. The SMILES string of the molecule is COc1ccc(CCNC(=O)C(=O)NC(C)C2COc3ccccc3O2)cc1OC. The molecule has 1 aliphatic rings. The molecule has 0 fully saturated rings. The molecule has 0 aromatic heterocycles. The lowest BCUT2D eigenvalue weighted by atomic mass is 10.1. The Bertz CT molecular complexity index is 901. The second-order valence-electron chi connectivity index (χ2n) is 6.87. The fourth-order valence-corrected chi connectivity index (χ4v) is 3.08. The first-order chi connectivity index (χ1) is 14.5. The summed E-state index contributed by atoms with van der Waals surface area (Å²) in [6.45, 7) is 2.38. The minimum Gasteiger partial charge on any atom is -0.493 e. The van der Waals surface area contributed by atoms with Gasteiger partial charge in [-0.25, -0.2) is 0 Å². The van der Waals surface area contributed by atoms with Crippen molar-refractivity contribution in [2.75, 3.05) is 27.4 Å². The van der Waals surface area contributed by atoms with Crippen LogP contribution in [-0.4, -0.2) is 51.3 Å². The molecule has 1 aliphatic heterocycles. The molecular formula is C22H26N2O6. The normalized spacial score (nSPS) is 15.6. The molecule has 1 heterocycles. The number of nitrogens with one attached hydrogen (secondary N) is 2. The van der Waals surface area contributed by atoms with Crippen LogP contribution < -0.4 is 29.6 Å². The molecule has 2 unspecified atom stereocenters. The van der Waals surface area contributed by atoms with Gasteiger partial charge in [0.15, 0.2) is 29.1 Å². The number of amides is 2. The van der Waals surface area contributed by atoms with Crippen LogP contribution in [0, 0.1) is 0 Å². The van der Waals surface area contributed by atoms with Crippen molar-refractivity contribution in [3.8, 4) is 23.0 Å². The third-order valence-corrected chi connectivity index (χ3v) is 4.80. The minimum absolute atomic E-state index is 0.291. The molecule has 2 amide bonds. The van der Waals surface area contributed by atoms with Crippen LogP contribution in [0.3, 0.4) is 0 Å². The lowest BCUT2D eigenvalue weighted by Crippen LogP contribution is -2.51. The van der Waals surface area contributed by atoms with E-state index in [9.17, 15) is 9.59 Å². The minimum atomic E-state index is -0.711. The van der Waals surface area contributed by atoms with Crippen LogP contribution >= 0.6 is 0 Å². The van der Waals surface area contributed by atoms with Crippen LogP contribution in [0.25, 0.3) is 0 Å².